The highest BCUT2D eigenvalue weighted by Gasteiger charge is 2.36. The summed E-state index contributed by atoms with van der Waals surface area (Å²) >= 11 is 0. The van der Waals surface area contributed by atoms with Gasteiger partial charge in [-0.1, -0.05) is 29.4 Å². The summed E-state index contributed by atoms with van der Waals surface area (Å²) in [6.45, 7) is -0.00310. The lowest BCUT2D eigenvalue weighted by atomic mass is 10.0. The fourth-order valence-corrected chi connectivity index (χ4v) is 3.21. The first-order valence-corrected chi connectivity index (χ1v) is 8.60. The zero-order valence-corrected chi connectivity index (χ0v) is 15.2. The van der Waals surface area contributed by atoms with Gasteiger partial charge in [0.25, 0.3) is 11.8 Å². The Hall–Kier alpha value is -2.93. The Morgan fingerprint density at radius 3 is 2.22 bits per heavy atom. The number of likely N-dealkylation sites (N-methyl/N-ethyl adjacent to an activating group) is 1. The van der Waals surface area contributed by atoms with Crippen LogP contribution in [-0.2, 0) is 13.0 Å². The van der Waals surface area contributed by atoms with Gasteiger partial charge in [-0.3, -0.25) is 14.5 Å². The van der Waals surface area contributed by atoms with Gasteiger partial charge in [-0.05, 0) is 44.3 Å². The largest absolute Gasteiger partial charge is 0.304 e. The third-order valence-corrected chi connectivity index (χ3v) is 4.83. The topological polar surface area (TPSA) is 70.1 Å². The van der Waals surface area contributed by atoms with E-state index in [-0.39, 0.29) is 36.5 Å². The number of amides is 2. The van der Waals surface area contributed by atoms with Crippen LogP contribution in [-0.4, -0.2) is 48.3 Å². The molecule has 0 saturated heterocycles. The maximum absolute atomic E-state index is 14.1. The predicted octanol–water partition coefficient (Wildman–Crippen LogP) is 2.86. The van der Waals surface area contributed by atoms with Gasteiger partial charge in [0.1, 0.15) is 12.4 Å². The Labute approximate surface area is 156 Å². The molecule has 0 aromatic heterocycles. The van der Waals surface area contributed by atoms with E-state index in [1.54, 1.807) is 36.4 Å². The van der Waals surface area contributed by atoms with Gasteiger partial charge in [0.05, 0.1) is 11.1 Å². The lowest BCUT2D eigenvalue weighted by molar-refractivity contribution is 0.0612. The first-order chi connectivity index (χ1) is 12.9. The number of carbonyl (C=O) groups is 2. The van der Waals surface area contributed by atoms with E-state index in [1.165, 1.54) is 11.0 Å². The molecule has 140 valence electrons. The first-order valence-electron chi connectivity index (χ1n) is 8.60. The van der Waals surface area contributed by atoms with Gasteiger partial charge in [0.2, 0.25) is 0 Å². The van der Waals surface area contributed by atoms with E-state index in [1.807, 2.05) is 19.0 Å². The van der Waals surface area contributed by atoms with Crippen molar-refractivity contribution in [3.63, 3.8) is 0 Å². The predicted molar refractivity (Wildman–Crippen MR) is 98.9 cm³/mol. The molecule has 1 unspecified atom stereocenters. The zero-order chi connectivity index (χ0) is 19.6. The van der Waals surface area contributed by atoms with Crippen molar-refractivity contribution in [1.29, 1.82) is 0 Å². The third kappa shape index (κ3) is 3.78. The number of benzene rings is 2. The van der Waals surface area contributed by atoms with Crippen molar-refractivity contribution in [2.24, 2.45) is 5.18 Å². The average molecular weight is 369 g/mol. The van der Waals surface area contributed by atoms with E-state index in [0.29, 0.717) is 17.5 Å². The van der Waals surface area contributed by atoms with Gasteiger partial charge < -0.3 is 4.90 Å². The highest BCUT2D eigenvalue weighted by atomic mass is 19.1. The van der Waals surface area contributed by atoms with Crippen LogP contribution < -0.4 is 0 Å². The van der Waals surface area contributed by atoms with E-state index in [2.05, 4.69) is 5.18 Å². The summed E-state index contributed by atoms with van der Waals surface area (Å²) in [4.78, 5) is 38.6. The molecular formula is C20H20FN3O3. The molecule has 0 saturated carbocycles. The Morgan fingerprint density at radius 2 is 1.70 bits per heavy atom. The van der Waals surface area contributed by atoms with Crippen molar-refractivity contribution in [3.05, 3.63) is 75.4 Å². The molecule has 2 aromatic rings. The Bertz CT molecular complexity index is 863. The van der Waals surface area contributed by atoms with Crippen LogP contribution in [0.4, 0.5) is 4.39 Å². The molecule has 0 radical (unpaired) electrons. The fourth-order valence-electron chi connectivity index (χ4n) is 3.21. The molecule has 0 spiro atoms. The molecule has 7 heteroatoms. The molecule has 0 aliphatic carbocycles. The summed E-state index contributed by atoms with van der Waals surface area (Å²) in [5.74, 6) is -1.09. The SMILES string of the molecule is CN(C)C(Cc1ccc(CN=O)c(F)c1)CN1C(=O)c2ccccc2C1=O. The van der Waals surface area contributed by atoms with Gasteiger partial charge >= 0.3 is 0 Å². The van der Waals surface area contributed by atoms with Gasteiger partial charge in [-0.15, -0.1) is 0 Å². The van der Waals surface area contributed by atoms with E-state index in [4.69, 9.17) is 0 Å². The number of imide groups is 1. The molecule has 2 aromatic carbocycles. The lowest BCUT2D eigenvalue weighted by Gasteiger charge is -2.28. The molecule has 1 heterocycles. The van der Waals surface area contributed by atoms with E-state index < -0.39 is 5.82 Å². The van der Waals surface area contributed by atoms with Crippen LogP contribution in [0.5, 0.6) is 0 Å². The number of hydrogen-bond donors (Lipinski definition) is 0. The number of nitrogens with zero attached hydrogens (tertiary/aromatic N) is 3. The maximum atomic E-state index is 14.1. The molecule has 6 nitrogen and oxygen atoms in total. The lowest BCUT2D eigenvalue weighted by Crippen LogP contribution is -2.44. The van der Waals surface area contributed by atoms with Crippen LogP contribution in [0.2, 0.25) is 0 Å². The normalized spacial score (nSPS) is 14.6. The van der Waals surface area contributed by atoms with E-state index >= 15 is 0 Å². The summed E-state index contributed by atoms with van der Waals surface area (Å²) in [6, 6.07) is 11.2. The summed E-state index contributed by atoms with van der Waals surface area (Å²) in [6.07, 6.45) is 0.451. The maximum Gasteiger partial charge on any atom is 0.261 e. The van der Waals surface area contributed by atoms with Crippen LogP contribution in [0.25, 0.3) is 0 Å². The number of nitroso groups, excluding NO2 is 1. The van der Waals surface area contributed by atoms with Crippen molar-refractivity contribution in [2.45, 2.75) is 19.0 Å². The molecule has 1 aliphatic heterocycles. The van der Waals surface area contributed by atoms with Crippen molar-refractivity contribution >= 4 is 11.8 Å². The molecule has 1 atom stereocenters. The van der Waals surface area contributed by atoms with Crippen molar-refractivity contribution in [1.82, 2.24) is 9.80 Å². The minimum Gasteiger partial charge on any atom is -0.304 e. The number of fused-ring (bicyclic) bond motifs is 1. The molecule has 1 aliphatic rings. The van der Waals surface area contributed by atoms with Crippen molar-refractivity contribution < 1.29 is 14.0 Å². The standard InChI is InChI=1S/C20H20FN3O3/c1-23(2)15(9-13-7-8-14(11-22-27)18(21)10-13)12-24-19(25)16-5-3-4-6-17(16)20(24)26/h3-8,10,15H,9,11-12H2,1-2H3. The van der Waals surface area contributed by atoms with Crippen LogP contribution >= 0.6 is 0 Å². The third-order valence-electron chi connectivity index (χ3n) is 4.83. The molecular weight excluding hydrogens is 349 g/mol. The quantitative estimate of drug-likeness (QED) is 0.556. The van der Waals surface area contributed by atoms with Crippen LogP contribution in [0.15, 0.2) is 47.6 Å². The second kappa shape index (κ2) is 7.75. The van der Waals surface area contributed by atoms with Crippen LogP contribution in [0.1, 0.15) is 31.8 Å². The summed E-state index contributed by atoms with van der Waals surface area (Å²) in [5.41, 5.74) is 1.79. The minimum atomic E-state index is -0.481. The summed E-state index contributed by atoms with van der Waals surface area (Å²) in [5, 5.41) is 2.71. The van der Waals surface area contributed by atoms with E-state index in [9.17, 15) is 18.9 Å². The van der Waals surface area contributed by atoms with Gasteiger partial charge in [0.15, 0.2) is 0 Å². The zero-order valence-electron chi connectivity index (χ0n) is 15.2. The smallest absolute Gasteiger partial charge is 0.261 e. The number of hydrogen-bond acceptors (Lipinski definition) is 5. The van der Waals surface area contributed by atoms with E-state index in [0.717, 1.165) is 5.56 Å². The van der Waals surface area contributed by atoms with Gasteiger partial charge in [-0.2, -0.15) is 4.91 Å². The van der Waals surface area contributed by atoms with Gasteiger partial charge in [0, 0.05) is 18.2 Å². The second-order valence-electron chi connectivity index (χ2n) is 6.80. The molecule has 2 amide bonds. The summed E-state index contributed by atoms with van der Waals surface area (Å²) in [7, 11) is 3.70. The molecule has 0 bridgehead atoms. The average Bonchev–Trinajstić information content (AvgIpc) is 2.88. The number of carbonyl (C=O) groups excluding carboxylic acids is 2. The Kier molecular flexibility index (Phi) is 5.41. The van der Waals surface area contributed by atoms with Crippen molar-refractivity contribution in [2.75, 3.05) is 20.6 Å². The monoisotopic (exact) mass is 369 g/mol. The number of rotatable bonds is 7. The van der Waals surface area contributed by atoms with Crippen LogP contribution in [0, 0.1) is 10.7 Å². The Morgan fingerprint density at radius 1 is 1.07 bits per heavy atom. The van der Waals surface area contributed by atoms with Gasteiger partial charge in [-0.25, -0.2) is 4.39 Å². The fraction of sp³-hybridized carbons (Fsp3) is 0.300. The highest BCUT2D eigenvalue weighted by molar-refractivity contribution is 6.21. The Balaban J connectivity index is 1.78. The second-order valence-corrected chi connectivity index (χ2v) is 6.80. The molecule has 3 rings (SSSR count). The minimum absolute atomic E-state index is 0.179. The molecule has 0 fully saturated rings. The summed E-state index contributed by atoms with van der Waals surface area (Å²) < 4.78 is 14.1. The van der Waals surface area contributed by atoms with Crippen molar-refractivity contribution in [3.8, 4) is 0 Å². The van der Waals surface area contributed by atoms with Crippen LogP contribution in [0.3, 0.4) is 0 Å². The number of halogens is 1. The highest BCUT2D eigenvalue weighted by Crippen LogP contribution is 2.24. The molecule has 27 heavy (non-hydrogen) atoms. The first kappa shape index (κ1) is 18.8. The molecule has 0 N–H and O–H groups in total.